The summed E-state index contributed by atoms with van der Waals surface area (Å²) < 4.78 is 5.59. The van der Waals surface area contributed by atoms with Gasteiger partial charge in [-0.1, -0.05) is 12.1 Å². The van der Waals surface area contributed by atoms with Gasteiger partial charge in [0.15, 0.2) is 0 Å². The number of carbonyl (C=O) groups is 1. The summed E-state index contributed by atoms with van der Waals surface area (Å²) in [6.45, 7) is 1.50. The van der Waals surface area contributed by atoms with Gasteiger partial charge >= 0.3 is 0 Å². The lowest BCUT2D eigenvalue weighted by atomic mass is 10.1. The van der Waals surface area contributed by atoms with E-state index in [-0.39, 0.29) is 5.91 Å². The van der Waals surface area contributed by atoms with Crippen LogP contribution >= 0.6 is 0 Å². The van der Waals surface area contributed by atoms with Crippen molar-refractivity contribution in [2.45, 2.75) is 12.8 Å². The molecular formula is C11H11NO2. The van der Waals surface area contributed by atoms with Crippen molar-refractivity contribution in [3.05, 3.63) is 23.8 Å². The minimum absolute atomic E-state index is 0.206. The molecule has 1 amide bonds. The van der Waals surface area contributed by atoms with Crippen LogP contribution in [0.5, 0.6) is 5.75 Å². The first-order valence-electron chi connectivity index (χ1n) is 4.91. The molecule has 0 aromatic heterocycles. The van der Waals surface area contributed by atoms with Gasteiger partial charge < -0.3 is 9.64 Å². The van der Waals surface area contributed by atoms with Crippen LogP contribution in [0.15, 0.2) is 18.2 Å². The van der Waals surface area contributed by atoms with E-state index < -0.39 is 0 Å². The summed E-state index contributed by atoms with van der Waals surface area (Å²) in [5, 5.41) is 0. The largest absolute Gasteiger partial charge is 0.491 e. The van der Waals surface area contributed by atoms with Gasteiger partial charge in [-0.25, -0.2) is 0 Å². The van der Waals surface area contributed by atoms with Gasteiger partial charge in [-0.2, -0.15) is 0 Å². The minimum atomic E-state index is 0.206. The molecule has 0 aliphatic carbocycles. The van der Waals surface area contributed by atoms with Gasteiger partial charge in [-0.05, 0) is 18.1 Å². The van der Waals surface area contributed by atoms with E-state index in [1.165, 1.54) is 0 Å². The smallest absolute Gasteiger partial charge is 0.231 e. The fourth-order valence-electron chi connectivity index (χ4n) is 2.16. The molecule has 0 N–H and O–H groups in total. The van der Waals surface area contributed by atoms with Crippen LogP contribution in [-0.4, -0.2) is 19.1 Å². The van der Waals surface area contributed by atoms with Crippen molar-refractivity contribution in [2.75, 3.05) is 18.1 Å². The number of carbonyl (C=O) groups excluding carboxylic acids is 1. The molecule has 0 radical (unpaired) electrons. The molecule has 3 heteroatoms. The molecule has 72 valence electrons. The molecule has 0 fully saturated rings. The lowest BCUT2D eigenvalue weighted by Crippen LogP contribution is -2.27. The third-order valence-corrected chi connectivity index (χ3v) is 2.78. The Kier molecular flexibility index (Phi) is 1.54. The predicted molar refractivity (Wildman–Crippen MR) is 52.6 cm³/mol. The number of para-hydroxylation sites is 1. The number of hydrogen-bond donors (Lipinski definition) is 0. The van der Waals surface area contributed by atoms with Gasteiger partial charge in [-0.15, -0.1) is 0 Å². The highest BCUT2D eigenvalue weighted by molar-refractivity contribution is 6.03. The van der Waals surface area contributed by atoms with Gasteiger partial charge in [-0.3, -0.25) is 4.79 Å². The van der Waals surface area contributed by atoms with Crippen LogP contribution in [0, 0.1) is 0 Å². The third-order valence-electron chi connectivity index (χ3n) is 2.78. The van der Waals surface area contributed by atoms with Crippen molar-refractivity contribution < 1.29 is 9.53 Å². The summed E-state index contributed by atoms with van der Waals surface area (Å²) in [6.07, 6.45) is 1.45. The average Bonchev–Trinajstić information content (AvgIpc) is 2.39. The van der Waals surface area contributed by atoms with E-state index >= 15 is 0 Å². The van der Waals surface area contributed by atoms with Crippen LogP contribution in [0.1, 0.15) is 12.0 Å². The highest BCUT2D eigenvalue weighted by Crippen LogP contribution is 2.39. The molecule has 0 atom stereocenters. The van der Waals surface area contributed by atoms with Gasteiger partial charge in [0.05, 0.1) is 18.7 Å². The van der Waals surface area contributed by atoms with Gasteiger partial charge in [0.1, 0.15) is 5.75 Å². The molecule has 1 aromatic rings. The monoisotopic (exact) mass is 189 g/mol. The molecule has 0 bridgehead atoms. The summed E-state index contributed by atoms with van der Waals surface area (Å²) in [6, 6.07) is 5.90. The lowest BCUT2D eigenvalue weighted by molar-refractivity contribution is -0.117. The summed E-state index contributed by atoms with van der Waals surface area (Å²) in [4.78, 5) is 13.5. The summed E-state index contributed by atoms with van der Waals surface area (Å²) >= 11 is 0. The van der Waals surface area contributed by atoms with Crippen LogP contribution in [0.2, 0.25) is 0 Å². The van der Waals surface area contributed by atoms with E-state index in [4.69, 9.17) is 4.74 Å². The molecule has 0 saturated heterocycles. The minimum Gasteiger partial charge on any atom is -0.491 e. The molecule has 2 aliphatic heterocycles. The average molecular weight is 189 g/mol. The Bertz CT molecular complexity index is 400. The first kappa shape index (κ1) is 7.85. The maximum atomic E-state index is 11.7. The standard InChI is InChI=1S/C11H11NO2/c13-10-7-8-3-1-4-9-11(8)12(10)5-2-6-14-9/h1,3-4H,2,5-7H2. The van der Waals surface area contributed by atoms with E-state index in [1.54, 1.807) is 0 Å². The number of amides is 1. The molecule has 0 saturated carbocycles. The molecule has 2 aliphatic rings. The zero-order valence-corrected chi connectivity index (χ0v) is 7.82. The first-order chi connectivity index (χ1) is 6.86. The quantitative estimate of drug-likeness (QED) is 0.616. The normalized spacial score (nSPS) is 18.9. The number of hydrogen-bond acceptors (Lipinski definition) is 2. The number of ether oxygens (including phenoxy) is 1. The Labute approximate surface area is 82.3 Å². The van der Waals surface area contributed by atoms with Crippen molar-refractivity contribution >= 4 is 11.6 Å². The van der Waals surface area contributed by atoms with E-state index in [0.29, 0.717) is 13.0 Å². The maximum Gasteiger partial charge on any atom is 0.231 e. The SMILES string of the molecule is O=C1Cc2cccc3c2N1CCCO3. The second-order valence-electron chi connectivity index (χ2n) is 3.69. The van der Waals surface area contributed by atoms with Crippen molar-refractivity contribution in [3.63, 3.8) is 0 Å². The second-order valence-corrected chi connectivity index (χ2v) is 3.69. The molecule has 3 rings (SSSR count). The van der Waals surface area contributed by atoms with Gasteiger partial charge in [0.2, 0.25) is 5.91 Å². The van der Waals surface area contributed by atoms with Crippen molar-refractivity contribution in [1.82, 2.24) is 0 Å². The van der Waals surface area contributed by atoms with E-state index in [1.807, 2.05) is 23.1 Å². The number of rotatable bonds is 0. The van der Waals surface area contributed by atoms with E-state index in [0.717, 1.165) is 30.0 Å². The fraction of sp³-hybridized carbons (Fsp3) is 0.364. The van der Waals surface area contributed by atoms with Gasteiger partial charge in [0, 0.05) is 6.54 Å². The fourth-order valence-corrected chi connectivity index (χ4v) is 2.16. The molecular weight excluding hydrogens is 178 g/mol. The van der Waals surface area contributed by atoms with Crippen molar-refractivity contribution in [3.8, 4) is 5.75 Å². The molecule has 0 unspecified atom stereocenters. The molecule has 2 heterocycles. The summed E-state index contributed by atoms with van der Waals surface area (Å²) in [7, 11) is 0. The predicted octanol–water partition coefficient (Wildman–Crippen LogP) is 1.36. The van der Waals surface area contributed by atoms with Crippen molar-refractivity contribution in [2.24, 2.45) is 0 Å². The summed E-state index contributed by atoms with van der Waals surface area (Å²) in [5.74, 6) is 1.07. The molecule has 3 nitrogen and oxygen atoms in total. The van der Waals surface area contributed by atoms with Gasteiger partial charge in [0.25, 0.3) is 0 Å². The van der Waals surface area contributed by atoms with E-state index in [2.05, 4.69) is 0 Å². The Morgan fingerprint density at radius 2 is 2.29 bits per heavy atom. The summed E-state index contributed by atoms with van der Waals surface area (Å²) in [5.41, 5.74) is 2.12. The van der Waals surface area contributed by atoms with Crippen LogP contribution in [-0.2, 0) is 11.2 Å². The Morgan fingerprint density at radius 3 is 3.21 bits per heavy atom. The highest BCUT2D eigenvalue weighted by Gasteiger charge is 2.31. The number of benzene rings is 1. The maximum absolute atomic E-state index is 11.7. The Hall–Kier alpha value is -1.51. The third kappa shape index (κ3) is 0.953. The van der Waals surface area contributed by atoms with Crippen LogP contribution in [0.25, 0.3) is 0 Å². The zero-order chi connectivity index (χ0) is 9.54. The van der Waals surface area contributed by atoms with Crippen LogP contribution < -0.4 is 9.64 Å². The van der Waals surface area contributed by atoms with Crippen LogP contribution in [0.4, 0.5) is 5.69 Å². The first-order valence-corrected chi connectivity index (χ1v) is 4.91. The number of nitrogens with zero attached hydrogens (tertiary/aromatic N) is 1. The molecule has 0 spiro atoms. The number of anilines is 1. The van der Waals surface area contributed by atoms with Crippen molar-refractivity contribution in [1.29, 1.82) is 0 Å². The Balaban J connectivity index is 2.20. The Morgan fingerprint density at radius 1 is 1.36 bits per heavy atom. The molecule has 14 heavy (non-hydrogen) atoms. The lowest BCUT2D eigenvalue weighted by Gasteiger charge is -2.14. The van der Waals surface area contributed by atoms with E-state index in [9.17, 15) is 4.79 Å². The topological polar surface area (TPSA) is 29.5 Å². The second kappa shape index (κ2) is 2.74. The molecule has 1 aromatic carbocycles. The zero-order valence-electron chi connectivity index (χ0n) is 7.82. The van der Waals surface area contributed by atoms with Crippen LogP contribution in [0.3, 0.4) is 0 Å². The highest BCUT2D eigenvalue weighted by atomic mass is 16.5.